The Labute approximate surface area is 174 Å². The second-order valence-corrected chi connectivity index (χ2v) is 7.23. The van der Waals surface area contributed by atoms with E-state index in [1.54, 1.807) is 0 Å². The van der Waals surface area contributed by atoms with E-state index in [4.69, 9.17) is 15.2 Å². The molecule has 0 amide bonds. The normalized spacial score (nSPS) is 21.2. The van der Waals surface area contributed by atoms with Crippen molar-refractivity contribution in [3.8, 4) is 5.75 Å². The highest BCUT2D eigenvalue weighted by Crippen LogP contribution is 2.23. The summed E-state index contributed by atoms with van der Waals surface area (Å²) < 4.78 is 11.5. The maximum atomic E-state index is 6.24. The second-order valence-electron chi connectivity index (χ2n) is 7.23. The fraction of sp³-hybridized carbons (Fsp3) is 0.650. The summed E-state index contributed by atoms with van der Waals surface area (Å²) in [6.45, 7) is 7.07. The molecule has 2 aliphatic rings. The van der Waals surface area contributed by atoms with E-state index in [1.165, 1.54) is 31.2 Å². The molecule has 3 rings (SSSR count). The Morgan fingerprint density at radius 3 is 2.73 bits per heavy atom. The molecule has 6 heteroatoms. The van der Waals surface area contributed by atoms with Crippen molar-refractivity contribution in [2.45, 2.75) is 45.6 Å². The van der Waals surface area contributed by atoms with Crippen molar-refractivity contribution in [3.63, 3.8) is 0 Å². The van der Waals surface area contributed by atoms with Crippen LogP contribution < -0.4 is 10.5 Å². The first kappa shape index (κ1) is 21.3. The van der Waals surface area contributed by atoms with Crippen molar-refractivity contribution in [2.75, 3.05) is 32.9 Å². The fourth-order valence-electron chi connectivity index (χ4n) is 3.42. The van der Waals surface area contributed by atoms with Crippen molar-refractivity contribution in [1.29, 1.82) is 0 Å². The first-order chi connectivity index (χ1) is 12.2. The number of aryl methyl sites for hydroxylation is 1. The quantitative estimate of drug-likeness (QED) is 0.403. The third kappa shape index (κ3) is 6.30. The number of rotatable bonds is 5. The van der Waals surface area contributed by atoms with Gasteiger partial charge < -0.3 is 20.1 Å². The molecule has 0 aromatic heterocycles. The van der Waals surface area contributed by atoms with Crippen LogP contribution in [0.3, 0.4) is 0 Å². The Hall–Kier alpha value is -1.02. The minimum Gasteiger partial charge on any atom is -0.493 e. The van der Waals surface area contributed by atoms with Crippen LogP contribution in [-0.2, 0) is 11.3 Å². The summed E-state index contributed by atoms with van der Waals surface area (Å²) >= 11 is 0. The van der Waals surface area contributed by atoms with Crippen molar-refractivity contribution in [3.05, 3.63) is 29.3 Å². The lowest BCUT2D eigenvalue weighted by Crippen LogP contribution is -2.38. The number of nitrogens with zero attached hydrogens (tertiary/aromatic N) is 2. The topological polar surface area (TPSA) is 60.1 Å². The average molecular weight is 473 g/mol. The highest BCUT2D eigenvalue weighted by molar-refractivity contribution is 14.0. The highest BCUT2D eigenvalue weighted by atomic mass is 127. The van der Waals surface area contributed by atoms with Gasteiger partial charge in [0.15, 0.2) is 5.96 Å². The summed E-state index contributed by atoms with van der Waals surface area (Å²) in [6, 6.07) is 6.32. The van der Waals surface area contributed by atoms with E-state index in [2.05, 4.69) is 35.0 Å². The van der Waals surface area contributed by atoms with Crippen LogP contribution in [0.1, 0.15) is 43.2 Å². The molecule has 2 N–H and O–H groups in total. The van der Waals surface area contributed by atoms with Crippen LogP contribution >= 0.6 is 24.0 Å². The van der Waals surface area contributed by atoms with E-state index in [-0.39, 0.29) is 24.0 Å². The van der Waals surface area contributed by atoms with E-state index in [0.717, 1.165) is 44.0 Å². The number of halogens is 1. The van der Waals surface area contributed by atoms with Gasteiger partial charge in [-0.2, -0.15) is 0 Å². The van der Waals surface area contributed by atoms with Crippen LogP contribution in [0.25, 0.3) is 0 Å². The Bertz CT molecular complexity index is 580. The third-order valence-corrected chi connectivity index (χ3v) is 5.06. The average Bonchev–Trinajstić information content (AvgIpc) is 2.99. The van der Waals surface area contributed by atoms with Crippen molar-refractivity contribution in [1.82, 2.24) is 4.90 Å². The SMILES string of the molecule is Cc1ccc(CN=C(N)N2CCCCCC2)c(OCC2CCOC2)c1.I. The van der Waals surface area contributed by atoms with Gasteiger partial charge in [0, 0.05) is 31.2 Å². The van der Waals surface area contributed by atoms with Gasteiger partial charge in [0.1, 0.15) is 5.75 Å². The molecule has 1 atom stereocenters. The van der Waals surface area contributed by atoms with Crippen LogP contribution in [0.2, 0.25) is 0 Å². The van der Waals surface area contributed by atoms with Crippen LogP contribution in [0, 0.1) is 12.8 Å². The molecule has 2 aliphatic heterocycles. The Morgan fingerprint density at radius 2 is 2.04 bits per heavy atom. The van der Waals surface area contributed by atoms with Crippen molar-refractivity contribution < 1.29 is 9.47 Å². The molecule has 146 valence electrons. The number of likely N-dealkylation sites (tertiary alicyclic amines) is 1. The first-order valence-electron chi connectivity index (χ1n) is 9.57. The predicted molar refractivity (Wildman–Crippen MR) is 116 cm³/mol. The number of guanidine groups is 1. The maximum Gasteiger partial charge on any atom is 0.191 e. The zero-order chi connectivity index (χ0) is 17.5. The van der Waals surface area contributed by atoms with Crippen LogP contribution in [0.15, 0.2) is 23.2 Å². The number of aliphatic imine (C=N–C) groups is 1. The molecule has 0 bridgehead atoms. The fourth-order valence-corrected chi connectivity index (χ4v) is 3.42. The van der Waals surface area contributed by atoms with E-state index in [9.17, 15) is 0 Å². The smallest absolute Gasteiger partial charge is 0.191 e. The van der Waals surface area contributed by atoms with Gasteiger partial charge in [-0.05, 0) is 37.8 Å². The maximum absolute atomic E-state index is 6.24. The molecule has 0 spiro atoms. The van der Waals surface area contributed by atoms with Gasteiger partial charge in [0.05, 0.1) is 19.8 Å². The number of nitrogens with two attached hydrogens (primary N) is 1. The Balaban J connectivity index is 0.00000243. The third-order valence-electron chi connectivity index (χ3n) is 5.06. The molecule has 1 unspecified atom stereocenters. The summed E-state index contributed by atoms with van der Waals surface area (Å²) in [5.74, 6) is 2.09. The van der Waals surface area contributed by atoms with Crippen molar-refractivity contribution >= 4 is 29.9 Å². The predicted octanol–water partition coefficient (Wildman–Crippen LogP) is 3.72. The summed E-state index contributed by atoms with van der Waals surface area (Å²) in [5, 5.41) is 0. The van der Waals surface area contributed by atoms with E-state index in [1.807, 2.05) is 0 Å². The Kier molecular flexibility index (Phi) is 8.98. The van der Waals surface area contributed by atoms with E-state index < -0.39 is 0 Å². The molecule has 2 saturated heterocycles. The summed E-state index contributed by atoms with van der Waals surface area (Å²) in [5.41, 5.74) is 8.54. The summed E-state index contributed by atoms with van der Waals surface area (Å²) in [7, 11) is 0. The number of ether oxygens (including phenoxy) is 2. The molecule has 26 heavy (non-hydrogen) atoms. The zero-order valence-electron chi connectivity index (χ0n) is 15.8. The molecule has 0 saturated carbocycles. The van der Waals surface area contributed by atoms with E-state index >= 15 is 0 Å². The number of hydrogen-bond donors (Lipinski definition) is 1. The summed E-state index contributed by atoms with van der Waals surface area (Å²) in [6.07, 6.45) is 6.09. The monoisotopic (exact) mass is 473 g/mol. The standard InChI is InChI=1S/C20H31N3O2.HI/c1-16-6-7-18(19(12-16)25-15-17-8-11-24-14-17)13-22-20(21)23-9-4-2-3-5-10-23;/h6-7,12,17H,2-5,8-11,13-15H2,1H3,(H2,21,22);1H. The highest BCUT2D eigenvalue weighted by Gasteiger charge is 2.17. The van der Waals surface area contributed by atoms with Gasteiger partial charge in [0.2, 0.25) is 0 Å². The van der Waals surface area contributed by atoms with Crippen LogP contribution in [0.5, 0.6) is 5.75 Å². The van der Waals surface area contributed by atoms with Crippen LogP contribution in [0.4, 0.5) is 0 Å². The lowest BCUT2D eigenvalue weighted by atomic mass is 10.1. The molecular weight excluding hydrogens is 441 g/mol. The van der Waals surface area contributed by atoms with E-state index in [0.29, 0.717) is 25.0 Å². The molecule has 5 nitrogen and oxygen atoms in total. The minimum absolute atomic E-state index is 0. The van der Waals surface area contributed by atoms with Crippen molar-refractivity contribution in [2.24, 2.45) is 16.6 Å². The van der Waals surface area contributed by atoms with Gasteiger partial charge in [0.25, 0.3) is 0 Å². The molecule has 0 aliphatic carbocycles. The van der Waals surface area contributed by atoms with Gasteiger partial charge in [-0.1, -0.05) is 25.0 Å². The minimum atomic E-state index is 0. The van der Waals surface area contributed by atoms with Gasteiger partial charge >= 0.3 is 0 Å². The second kappa shape index (κ2) is 11.0. The summed E-state index contributed by atoms with van der Waals surface area (Å²) in [4.78, 5) is 6.87. The zero-order valence-corrected chi connectivity index (χ0v) is 18.1. The number of hydrogen-bond acceptors (Lipinski definition) is 3. The first-order valence-corrected chi connectivity index (χ1v) is 9.57. The molecule has 2 fully saturated rings. The molecule has 0 radical (unpaired) electrons. The lowest BCUT2D eigenvalue weighted by Gasteiger charge is -2.21. The Morgan fingerprint density at radius 1 is 1.27 bits per heavy atom. The van der Waals surface area contributed by atoms with Gasteiger partial charge in [-0.15, -0.1) is 24.0 Å². The molecule has 2 heterocycles. The largest absolute Gasteiger partial charge is 0.493 e. The van der Waals surface area contributed by atoms with Gasteiger partial charge in [-0.25, -0.2) is 4.99 Å². The van der Waals surface area contributed by atoms with Crippen LogP contribution in [-0.4, -0.2) is 43.8 Å². The molecule has 1 aromatic rings. The molecule has 1 aromatic carbocycles. The number of benzene rings is 1. The van der Waals surface area contributed by atoms with Gasteiger partial charge in [-0.3, -0.25) is 0 Å². The lowest BCUT2D eigenvalue weighted by molar-refractivity contribution is 0.166. The molecular formula is C20H32IN3O2.